The Hall–Kier alpha value is -4.34. The first-order valence-corrected chi connectivity index (χ1v) is 10.0. The Balaban J connectivity index is 1.80. The second-order valence-electron chi connectivity index (χ2n) is 7.45. The molecule has 0 spiro atoms. The molecular weight excluding hydrogens is 431 g/mol. The molecule has 10 heteroatoms. The van der Waals surface area contributed by atoms with Gasteiger partial charge in [0.1, 0.15) is 5.82 Å². The van der Waals surface area contributed by atoms with Gasteiger partial charge in [-0.05, 0) is 43.7 Å². The van der Waals surface area contributed by atoms with Gasteiger partial charge in [-0.1, -0.05) is 18.2 Å². The van der Waals surface area contributed by atoms with Crippen molar-refractivity contribution in [3.8, 4) is 11.5 Å². The minimum Gasteiger partial charge on any atom is -0.493 e. The van der Waals surface area contributed by atoms with Crippen LogP contribution >= 0.6 is 0 Å². The van der Waals surface area contributed by atoms with Crippen molar-refractivity contribution in [1.29, 1.82) is 0 Å². The number of halogens is 1. The summed E-state index contributed by atoms with van der Waals surface area (Å²) in [5.41, 5.74) is 1.46. The molecule has 0 amide bonds. The number of aryl methyl sites for hydroxylation is 2. The molecule has 0 fully saturated rings. The highest BCUT2D eigenvalue weighted by Crippen LogP contribution is 2.37. The zero-order valence-corrected chi connectivity index (χ0v) is 18.0. The Kier molecular flexibility index (Phi) is 5.74. The Morgan fingerprint density at radius 3 is 2.00 bits per heavy atom. The molecule has 0 aliphatic rings. The van der Waals surface area contributed by atoms with Crippen molar-refractivity contribution in [2.24, 2.45) is 0 Å². The highest BCUT2D eigenvalue weighted by atomic mass is 19.1. The largest absolute Gasteiger partial charge is 0.493 e. The van der Waals surface area contributed by atoms with E-state index in [9.17, 15) is 18.8 Å². The summed E-state index contributed by atoms with van der Waals surface area (Å²) in [6, 6.07) is 10.1. The normalized spacial score (nSPS) is 11.1. The number of aromatic amines is 4. The van der Waals surface area contributed by atoms with E-state index in [0.29, 0.717) is 28.1 Å². The fraction of sp³-hybridized carbons (Fsp3) is 0.174. The molecule has 0 aliphatic heterocycles. The third-order valence-corrected chi connectivity index (χ3v) is 5.42. The molecule has 0 atom stereocenters. The summed E-state index contributed by atoms with van der Waals surface area (Å²) in [6.45, 7) is 3.44. The number of rotatable bonds is 6. The second kappa shape index (κ2) is 8.65. The van der Waals surface area contributed by atoms with E-state index in [1.54, 1.807) is 26.0 Å². The fourth-order valence-electron chi connectivity index (χ4n) is 3.81. The number of aromatic nitrogens is 4. The smallest absolute Gasteiger partial charge is 0.346 e. The molecule has 0 saturated carbocycles. The topological polar surface area (TPSA) is 133 Å². The number of hydrogen-bond acceptors (Lipinski definition) is 5. The number of esters is 1. The maximum atomic E-state index is 14.0. The molecule has 4 aromatic rings. The van der Waals surface area contributed by atoms with Crippen LogP contribution in [0.25, 0.3) is 0 Å². The van der Waals surface area contributed by atoms with E-state index in [2.05, 4.69) is 20.4 Å². The van der Waals surface area contributed by atoms with Gasteiger partial charge in [0.25, 0.3) is 11.1 Å². The number of nitrogens with one attached hydrogen (secondary N) is 4. The maximum absolute atomic E-state index is 14.0. The molecule has 2 aromatic heterocycles. The lowest BCUT2D eigenvalue weighted by molar-refractivity contribution is 0.0725. The van der Waals surface area contributed by atoms with Gasteiger partial charge in [0.05, 0.1) is 23.8 Å². The first kappa shape index (κ1) is 21.9. The molecule has 2 heterocycles. The van der Waals surface area contributed by atoms with Gasteiger partial charge < -0.3 is 19.7 Å². The summed E-state index contributed by atoms with van der Waals surface area (Å²) in [7, 11) is 1.39. The Morgan fingerprint density at radius 2 is 1.48 bits per heavy atom. The van der Waals surface area contributed by atoms with E-state index < -0.39 is 17.7 Å². The lowest BCUT2D eigenvalue weighted by atomic mass is 9.85. The molecule has 0 saturated heterocycles. The van der Waals surface area contributed by atoms with Crippen LogP contribution in [0.3, 0.4) is 0 Å². The number of ether oxygens (including phenoxy) is 2. The zero-order chi connectivity index (χ0) is 23.7. The van der Waals surface area contributed by atoms with Crippen LogP contribution in [0.5, 0.6) is 11.5 Å². The number of methoxy groups -OCH3 is 1. The van der Waals surface area contributed by atoms with Gasteiger partial charge in [-0.25, -0.2) is 9.18 Å². The van der Waals surface area contributed by atoms with E-state index in [1.165, 1.54) is 31.4 Å². The molecule has 0 aliphatic carbocycles. The maximum Gasteiger partial charge on any atom is 0.346 e. The van der Waals surface area contributed by atoms with Crippen molar-refractivity contribution >= 4 is 5.97 Å². The average molecular weight is 452 g/mol. The highest BCUT2D eigenvalue weighted by Gasteiger charge is 2.29. The summed E-state index contributed by atoms with van der Waals surface area (Å²) < 4.78 is 24.7. The second-order valence-corrected chi connectivity index (χ2v) is 7.45. The van der Waals surface area contributed by atoms with E-state index in [0.717, 1.165) is 6.07 Å². The lowest BCUT2D eigenvalue weighted by Crippen LogP contribution is -2.20. The van der Waals surface area contributed by atoms with Crippen LogP contribution in [0.1, 0.15) is 44.4 Å². The minimum absolute atomic E-state index is 0.0626. The SMILES string of the molecule is COc1cc(C(c2c(C)[nH][nH]c2=O)c2c(C)[nH][nH]c2=O)ccc1OC(=O)c1ccccc1F. The first-order chi connectivity index (χ1) is 15.8. The summed E-state index contributed by atoms with van der Waals surface area (Å²) >= 11 is 0. The van der Waals surface area contributed by atoms with Gasteiger partial charge in [-0.15, -0.1) is 0 Å². The lowest BCUT2D eigenvalue weighted by Gasteiger charge is -2.18. The number of benzene rings is 2. The molecule has 9 nitrogen and oxygen atoms in total. The standard InChI is InChI=1S/C23H21FN4O5/c1-11-18(21(29)27-25-11)20(19-12(2)26-28-22(19)30)13-8-9-16(17(10-13)32-3)33-23(31)14-6-4-5-7-15(14)24/h4-10,20H,1-3H3,(H2,25,27,29)(H2,26,28,30). The van der Waals surface area contributed by atoms with Crippen molar-refractivity contribution in [2.45, 2.75) is 19.8 Å². The molecule has 0 radical (unpaired) electrons. The number of H-pyrrole nitrogens is 4. The van der Waals surface area contributed by atoms with E-state index in [4.69, 9.17) is 9.47 Å². The molecule has 0 unspecified atom stereocenters. The fourth-order valence-corrected chi connectivity index (χ4v) is 3.81. The zero-order valence-electron chi connectivity index (χ0n) is 18.0. The van der Waals surface area contributed by atoms with Crippen molar-refractivity contribution in [1.82, 2.24) is 20.4 Å². The van der Waals surface area contributed by atoms with Gasteiger partial charge in [-0.3, -0.25) is 19.8 Å². The van der Waals surface area contributed by atoms with Gasteiger partial charge >= 0.3 is 5.97 Å². The number of carbonyl (C=O) groups is 1. The summed E-state index contributed by atoms with van der Waals surface area (Å²) in [5, 5.41) is 10.6. The quantitative estimate of drug-likeness (QED) is 0.264. The van der Waals surface area contributed by atoms with E-state index in [-0.39, 0.29) is 28.2 Å². The molecule has 4 rings (SSSR count). The summed E-state index contributed by atoms with van der Waals surface area (Å²) in [5.74, 6) is -2.08. The van der Waals surface area contributed by atoms with Crippen molar-refractivity contribution in [3.63, 3.8) is 0 Å². The van der Waals surface area contributed by atoms with Crippen LogP contribution < -0.4 is 20.6 Å². The molecule has 33 heavy (non-hydrogen) atoms. The Morgan fingerprint density at radius 1 is 0.879 bits per heavy atom. The van der Waals surface area contributed by atoms with Crippen molar-refractivity contribution < 1.29 is 18.7 Å². The highest BCUT2D eigenvalue weighted by molar-refractivity contribution is 5.91. The molecule has 170 valence electrons. The third-order valence-electron chi connectivity index (χ3n) is 5.42. The van der Waals surface area contributed by atoms with Gasteiger partial charge in [0.2, 0.25) is 0 Å². The molecule has 2 aromatic carbocycles. The Labute approximate surface area is 186 Å². The van der Waals surface area contributed by atoms with Crippen molar-refractivity contribution in [2.75, 3.05) is 7.11 Å². The molecule has 0 bridgehead atoms. The average Bonchev–Trinajstić information content (AvgIpc) is 3.31. The number of hydrogen-bond donors (Lipinski definition) is 4. The van der Waals surface area contributed by atoms with Crippen LogP contribution in [-0.4, -0.2) is 33.5 Å². The molecule has 4 N–H and O–H groups in total. The van der Waals surface area contributed by atoms with Gasteiger partial charge in [-0.2, -0.15) is 0 Å². The minimum atomic E-state index is -0.883. The van der Waals surface area contributed by atoms with Crippen LogP contribution in [0.2, 0.25) is 0 Å². The van der Waals surface area contributed by atoms with E-state index >= 15 is 0 Å². The van der Waals surface area contributed by atoms with Gasteiger partial charge in [0.15, 0.2) is 11.5 Å². The predicted molar refractivity (Wildman–Crippen MR) is 118 cm³/mol. The monoisotopic (exact) mass is 452 g/mol. The Bertz CT molecular complexity index is 1390. The third kappa shape index (κ3) is 3.98. The van der Waals surface area contributed by atoms with Crippen LogP contribution in [0.4, 0.5) is 4.39 Å². The van der Waals surface area contributed by atoms with Crippen LogP contribution in [0, 0.1) is 19.7 Å². The molecular formula is C23H21FN4O5. The predicted octanol–water partition coefficient (Wildman–Crippen LogP) is 2.88. The van der Waals surface area contributed by atoms with Gasteiger partial charge in [0, 0.05) is 17.3 Å². The summed E-state index contributed by atoms with van der Waals surface area (Å²) in [6.07, 6.45) is 0. The van der Waals surface area contributed by atoms with E-state index in [1.807, 2.05) is 0 Å². The number of carbonyl (C=O) groups excluding carboxylic acids is 1. The van der Waals surface area contributed by atoms with Crippen molar-refractivity contribution in [3.05, 3.63) is 103 Å². The first-order valence-electron chi connectivity index (χ1n) is 10.0. The summed E-state index contributed by atoms with van der Waals surface area (Å²) in [4.78, 5) is 37.6. The van der Waals surface area contributed by atoms with Crippen LogP contribution in [0.15, 0.2) is 52.1 Å². The van der Waals surface area contributed by atoms with Crippen LogP contribution in [-0.2, 0) is 0 Å².